The number of esters is 1. The van der Waals surface area contributed by atoms with Crippen molar-refractivity contribution in [1.29, 1.82) is 0 Å². The maximum Gasteiger partial charge on any atom is 0.349 e. The van der Waals surface area contributed by atoms with E-state index in [-0.39, 0.29) is 5.97 Å². The van der Waals surface area contributed by atoms with Gasteiger partial charge in [0.25, 0.3) is 0 Å². The molecular weight excluding hydrogens is 304 g/mol. The van der Waals surface area contributed by atoms with Crippen LogP contribution in [0.1, 0.15) is 20.8 Å². The quantitative estimate of drug-likeness (QED) is 0.778. The molecule has 0 amide bonds. The molecule has 1 aliphatic rings. The van der Waals surface area contributed by atoms with Gasteiger partial charge in [0.15, 0.2) is 0 Å². The topological polar surface area (TPSA) is 42.0 Å². The van der Waals surface area contributed by atoms with Crippen molar-refractivity contribution >= 4 is 28.9 Å². The summed E-state index contributed by atoms with van der Waals surface area (Å²) in [6.07, 6.45) is -0.608. The van der Waals surface area contributed by atoms with Crippen LogP contribution >= 0.6 is 11.6 Å². The lowest BCUT2D eigenvalue weighted by molar-refractivity contribution is -0.151. The van der Waals surface area contributed by atoms with Crippen molar-refractivity contribution in [2.75, 3.05) is 43.1 Å². The van der Waals surface area contributed by atoms with E-state index in [2.05, 4.69) is 18.7 Å². The highest BCUT2D eigenvalue weighted by Gasteiger charge is 2.31. The second kappa shape index (κ2) is 7.09. The van der Waals surface area contributed by atoms with Crippen molar-refractivity contribution in [2.24, 2.45) is 0 Å². The molecule has 1 aromatic carbocycles. The molecule has 1 aromatic rings. The van der Waals surface area contributed by atoms with E-state index in [1.165, 1.54) is 0 Å². The summed E-state index contributed by atoms with van der Waals surface area (Å²) in [5.41, 5.74) is 1.81. The molecule has 1 unspecified atom stereocenters. The Kier molecular flexibility index (Phi) is 5.40. The zero-order chi connectivity index (χ0) is 16.3. The van der Waals surface area contributed by atoms with Crippen LogP contribution in [0, 0.1) is 0 Å². The summed E-state index contributed by atoms with van der Waals surface area (Å²) < 4.78 is 10.9. The molecular formula is C16H23ClN2O3. The Morgan fingerprint density at radius 1 is 1.41 bits per heavy atom. The van der Waals surface area contributed by atoms with E-state index in [1.54, 1.807) is 6.92 Å². The highest BCUT2D eigenvalue weighted by Crippen LogP contribution is 2.40. The summed E-state index contributed by atoms with van der Waals surface area (Å²) in [6.45, 7) is 8.45. The lowest BCUT2D eigenvalue weighted by Crippen LogP contribution is -2.43. The summed E-state index contributed by atoms with van der Waals surface area (Å²) >= 11 is 6.41. The minimum Gasteiger partial charge on any atom is -0.475 e. The first-order valence-electron chi connectivity index (χ1n) is 7.64. The van der Waals surface area contributed by atoms with Gasteiger partial charge in [0.2, 0.25) is 6.10 Å². The van der Waals surface area contributed by atoms with E-state index in [1.807, 2.05) is 24.1 Å². The largest absolute Gasteiger partial charge is 0.475 e. The van der Waals surface area contributed by atoms with Gasteiger partial charge in [-0.25, -0.2) is 4.79 Å². The van der Waals surface area contributed by atoms with Crippen LogP contribution in [0.25, 0.3) is 0 Å². The standard InChI is InChI=1S/C16H23ClN2O3/c1-5-19(6-2)12-9-14-13(8-11(12)17)18(4)10-15(22-14)16(20)21-7-3/h8-9,15H,5-7,10H2,1-4H3. The molecule has 1 atom stereocenters. The van der Waals surface area contributed by atoms with Gasteiger partial charge in [-0.15, -0.1) is 0 Å². The number of benzene rings is 1. The van der Waals surface area contributed by atoms with Crippen LogP contribution in [0.4, 0.5) is 11.4 Å². The first kappa shape index (κ1) is 16.7. The Hall–Kier alpha value is -1.62. The van der Waals surface area contributed by atoms with E-state index < -0.39 is 6.10 Å². The number of halogens is 1. The van der Waals surface area contributed by atoms with Crippen LogP contribution in [0.3, 0.4) is 0 Å². The Morgan fingerprint density at radius 3 is 2.68 bits per heavy atom. The molecule has 0 spiro atoms. The number of carbonyl (C=O) groups is 1. The van der Waals surface area contributed by atoms with Gasteiger partial charge in [0, 0.05) is 26.2 Å². The number of anilines is 2. The predicted octanol–water partition coefficient (Wildman–Crippen LogP) is 2.95. The van der Waals surface area contributed by atoms with E-state index in [9.17, 15) is 4.79 Å². The number of likely N-dealkylation sites (N-methyl/N-ethyl adjacent to an activating group) is 1. The second-order valence-electron chi connectivity index (χ2n) is 5.18. The van der Waals surface area contributed by atoms with Crippen molar-refractivity contribution in [1.82, 2.24) is 0 Å². The summed E-state index contributed by atoms with van der Waals surface area (Å²) in [7, 11) is 1.92. The monoisotopic (exact) mass is 326 g/mol. The summed E-state index contributed by atoms with van der Waals surface area (Å²) in [5, 5.41) is 0.687. The van der Waals surface area contributed by atoms with E-state index in [4.69, 9.17) is 21.1 Å². The third-order valence-corrected chi connectivity index (χ3v) is 4.10. The van der Waals surface area contributed by atoms with Gasteiger partial charge in [0.05, 0.1) is 29.5 Å². The number of ether oxygens (including phenoxy) is 2. The molecule has 0 fully saturated rings. The third kappa shape index (κ3) is 3.24. The molecule has 0 aromatic heterocycles. The maximum absolute atomic E-state index is 11.9. The number of fused-ring (bicyclic) bond motifs is 1. The highest BCUT2D eigenvalue weighted by atomic mass is 35.5. The zero-order valence-electron chi connectivity index (χ0n) is 13.6. The molecule has 0 aliphatic carbocycles. The molecule has 122 valence electrons. The molecule has 0 radical (unpaired) electrons. The molecule has 2 rings (SSSR count). The molecule has 0 N–H and O–H groups in total. The molecule has 22 heavy (non-hydrogen) atoms. The first-order chi connectivity index (χ1) is 10.5. The van der Waals surface area contributed by atoms with E-state index in [0.717, 1.165) is 24.5 Å². The number of nitrogens with zero attached hydrogens (tertiary/aromatic N) is 2. The average Bonchev–Trinajstić information content (AvgIpc) is 2.50. The summed E-state index contributed by atoms with van der Waals surface area (Å²) in [6, 6.07) is 3.80. The van der Waals surface area contributed by atoms with Crippen LogP contribution in [-0.4, -0.2) is 45.4 Å². The van der Waals surface area contributed by atoms with Crippen molar-refractivity contribution < 1.29 is 14.3 Å². The lowest BCUT2D eigenvalue weighted by Gasteiger charge is -2.34. The Morgan fingerprint density at radius 2 is 2.09 bits per heavy atom. The van der Waals surface area contributed by atoms with Crippen molar-refractivity contribution in [3.05, 3.63) is 17.2 Å². The van der Waals surface area contributed by atoms with Gasteiger partial charge in [0.1, 0.15) is 5.75 Å². The zero-order valence-corrected chi connectivity index (χ0v) is 14.3. The second-order valence-corrected chi connectivity index (χ2v) is 5.59. The van der Waals surface area contributed by atoms with Gasteiger partial charge >= 0.3 is 5.97 Å². The van der Waals surface area contributed by atoms with Gasteiger partial charge < -0.3 is 19.3 Å². The molecule has 0 bridgehead atoms. The van der Waals surface area contributed by atoms with Crippen molar-refractivity contribution in [3.63, 3.8) is 0 Å². The van der Waals surface area contributed by atoms with Gasteiger partial charge in [-0.1, -0.05) is 11.6 Å². The summed E-state index contributed by atoms with van der Waals surface area (Å²) in [5.74, 6) is 0.331. The van der Waals surface area contributed by atoms with Crippen LogP contribution < -0.4 is 14.5 Å². The minimum atomic E-state index is -0.608. The summed E-state index contributed by atoms with van der Waals surface area (Å²) in [4.78, 5) is 16.1. The number of rotatable bonds is 5. The molecule has 0 saturated carbocycles. The third-order valence-electron chi connectivity index (χ3n) is 3.80. The Bertz CT molecular complexity index is 546. The first-order valence-corrected chi connectivity index (χ1v) is 8.02. The number of hydrogen-bond donors (Lipinski definition) is 0. The lowest BCUT2D eigenvalue weighted by atomic mass is 10.1. The smallest absolute Gasteiger partial charge is 0.349 e. The highest BCUT2D eigenvalue weighted by molar-refractivity contribution is 6.33. The number of carbonyl (C=O) groups excluding carboxylic acids is 1. The molecule has 0 saturated heterocycles. The molecule has 1 aliphatic heterocycles. The molecule has 6 heteroatoms. The fraction of sp³-hybridized carbons (Fsp3) is 0.562. The predicted molar refractivity (Wildman–Crippen MR) is 89.3 cm³/mol. The minimum absolute atomic E-state index is 0.334. The normalized spacial score (nSPS) is 16.8. The molecule has 1 heterocycles. The Labute approximate surface area is 136 Å². The van der Waals surface area contributed by atoms with Crippen molar-refractivity contribution in [2.45, 2.75) is 26.9 Å². The maximum atomic E-state index is 11.9. The fourth-order valence-electron chi connectivity index (χ4n) is 2.63. The van der Waals surface area contributed by atoms with E-state index in [0.29, 0.717) is 23.9 Å². The SMILES string of the molecule is CCOC(=O)C1CN(C)c2cc(Cl)c(N(CC)CC)cc2O1. The van der Waals surface area contributed by atoms with Gasteiger partial charge in [-0.05, 0) is 26.8 Å². The average molecular weight is 327 g/mol. The Balaban J connectivity index is 2.34. The van der Waals surface area contributed by atoms with Gasteiger partial charge in [-0.3, -0.25) is 0 Å². The number of hydrogen-bond acceptors (Lipinski definition) is 5. The molecule has 5 nitrogen and oxygen atoms in total. The van der Waals surface area contributed by atoms with Crippen LogP contribution in [0.5, 0.6) is 5.75 Å². The van der Waals surface area contributed by atoms with Crippen LogP contribution in [0.15, 0.2) is 12.1 Å². The van der Waals surface area contributed by atoms with Crippen LogP contribution in [0.2, 0.25) is 5.02 Å². The van der Waals surface area contributed by atoms with Crippen LogP contribution in [-0.2, 0) is 9.53 Å². The van der Waals surface area contributed by atoms with Crippen molar-refractivity contribution in [3.8, 4) is 5.75 Å². The van der Waals surface area contributed by atoms with Gasteiger partial charge in [-0.2, -0.15) is 0 Å². The van der Waals surface area contributed by atoms with E-state index >= 15 is 0 Å². The fourth-order valence-corrected chi connectivity index (χ4v) is 2.90.